The van der Waals surface area contributed by atoms with Crippen molar-refractivity contribution in [3.63, 3.8) is 0 Å². The van der Waals surface area contributed by atoms with E-state index in [0.29, 0.717) is 6.42 Å². The van der Waals surface area contributed by atoms with Gasteiger partial charge in [-0.3, -0.25) is 18.6 Å². The average molecular weight is 397 g/mol. The average Bonchev–Trinajstić information content (AvgIpc) is 2.60. The number of amides is 1. The summed E-state index contributed by atoms with van der Waals surface area (Å²) in [7, 11) is -4.35. The second-order valence-electron chi connectivity index (χ2n) is 5.84. The van der Waals surface area contributed by atoms with Gasteiger partial charge < -0.3 is 20.1 Å². The second-order valence-corrected chi connectivity index (χ2v) is 7.30. The fraction of sp³-hybridized carbons (Fsp3) is 0.875. The van der Waals surface area contributed by atoms with Crippen LogP contribution in [0.1, 0.15) is 58.8 Å². The molecular weight excluding hydrogens is 365 g/mol. The normalized spacial score (nSPS) is 14.5. The molecule has 0 saturated carbocycles. The van der Waals surface area contributed by atoms with Gasteiger partial charge in [-0.2, -0.15) is 0 Å². The Morgan fingerprint density at radius 1 is 1.04 bits per heavy atom. The van der Waals surface area contributed by atoms with E-state index in [1.807, 2.05) is 13.8 Å². The van der Waals surface area contributed by atoms with Crippen LogP contribution in [0.3, 0.4) is 0 Å². The molecule has 3 N–H and O–H groups in total. The maximum atomic E-state index is 11.6. The van der Waals surface area contributed by atoms with E-state index >= 15 is 0 Å². The van der Waals surface area contributed by atoms with Crippen LogP contribution in [0, 0.1) is 0 Å². The van der Waals surface area contributed by atoms with Crippen molar-refractivity contribution in [2.45, 2.75) is 64.9 Å². The number of unbranched alkanes of at least 4 members (excludes halogenated alkanes) is 3. The van der Waals surface area contributed by atoms with E-state index in [-0.39, 0.29) is 32.1 Å². The van der Waals surface area contributed by atoms with Crippen LogP contribution in [-0.2, 0) is 27.9 Å². The molecule has 0 radical (unpaired) electrons. The Kier molecular flexibility index (Phi) is 14.5. The summed E-state index contributed by atoms with van der Waals surface area (Å²) in [5.74, 6) is -0.583. The Bertz CT molecular complexity index is 446. The third-order valence-corrected chi connectivity index (χ3v) is 4.27. The van der Waals surface area contributed by atoms with Crippen LogP contribution in [-0.4, -0.2) is 54.3 Å². The second kappa shape index (κ2) is 15.1. The Morgan fingerprint density at radius 3 is 2.38 bits per heavy atom. The van der Waals surface area contributed by atoms with E-state index in [1.54, 1.807) is 0 Å². The van der Waals surface area contributed by atoms with Crippen molar-refractivity contribution in [2.75, 3.05) is 26.4 Å². The molecule has 0 saturated heterocycles. The number of phosphoric acid groups is 1. The van der Waals surface area contributed by atoms with Crippen molar-refractivity contribution in [1.82, 2.24) is 5.32 Å². The third kappa shape index (κ3) is 15.3. The van der Waals surface area contributed by atoms with Gasteiger partial charge in [0.1, 0.15) is 12.7 Å². The van der Waals surface area contributed by atoms with Crippen LogP contribution in [0.4, 0.5) is 0 Å². The van der Waals surface area contributed by atoms with Crippen molar-refractivity contribution in [3.8, 4) is 0 Å². The molecule has 0 aliphatic rings. The van der Waals surface area contributed by atoms with Gasteiger partial charge in [0.15, 0.2) is 0 Å². The summed E-state index contributed by atoms with van der Waals surface area (Å²) in [6.45, 7) is 3.03. The van der Waals surface area contributed by atoms with Crippen LogP contribution >= 0.6 is 7.82 Å². The summed E-state index contributed by atoms with van der Waals surface area (Å²) < 4.78 is 25.8. The maximum absolute atomic E-state index is 11.6. The zero-order valence-electron chi connectivity index (χ0n) is 15.6. The molecule has 0 spiro atoms. The number of esters is 1. The Morgan fingerprint density at radius 2 is 1.73 bits per heavy atom. The Balaban J connectivity index is 3.82. The Hall–Kier alpha value is -0.990. The molecule has 0 heterocycles. The molecule has 154 valence electrons. The van der Waals surface area contributed by atoms with Gasteiger partial charge in [0, 0.05) is 19.4 Å². The van der Waals surface area contributed by atoms with Gasteiger partial charge in [-0.05, 0) is 12.8 Å². The van der Waals surface area contributed by atoms with Crippen molar-refractivity contribution in [1.29, 1.82) is 0 Å². The molecular formula is C16H32NO8P. The largest absolute Gasteiger partial charge is 0.472 e. The zero-order chi connectivity index (χ0) is 19.8. The first-order chi connectivity index (χ1) is 12.3. The van der Waals surface area contributed by atoms with Crippen molar-refractivity contribution in [2.24, 2.45) is 0 Å². The molecule has 10 heteroatoms. The van der Waals surface area contributed by atoms with Crippen LogP contribution in [0.2, 0.25) is 0 Å². The van der Waals surface area contributed by atoms with E-state index in [2.05, 4.69) is 14.4 Å². The van der Waals surface area contributed by atoms with Crippen LogP contribution in [0.25, 0.3) is 0 Å². The third-order valence-electron chi connectivity index (χ3n) is 3.29. The summed E-state index contributed by atoms with van der Waals surface area (Å²) >= 11 is 0. The molecule has 1 amide bonds. The van der Waals surface area contributed by atoms with E-state index in [1.165, 1.54) is 0 Å². The number of phosphoric ester groups is 1. The molecule has 0 rings (SSSR count). The molecule has 9 nitrogen and oxygen atoms in total. The molecule has 2 unspecified atom stereocenters. The maximum Gasteiger partial charge on any atom is 0.472 e. The van der Waals surface area contributed by atoms with Gasteiger partial charge in [0.2, 0.25) is 5.91 Å². The lowest BCUT2D eigenvalue weighted by Gasteiger charge is -2.15. The van der Waals surface area contributed by atoms with Gasteiger partial charge >= 0.3 is 13.8 Å². The van der Waals surface area contributed by atoms with Gasteiger partial charge in [0.05, 0.1) is 13.2 Å². The minimum Gasteiger partial charge on any atom is -0.463 e. The smallest absolute Gasteiger partial charge is 0.463 e. The van der Waals surface area contributed by atoms with E-state index in [0.717, 1.165) is 32.1 Å². The number of hydrogen-bond donors (Lipinski definition) is 3. The molecule has 0 fully saturated rings. The minimum absolute atomic E-state index is 0.0778. The summed E-state index contributed by atoms with van der Waals surface area (Å²) in [5.41, 5.74) is 0. The molecule has 0 bridgehead atoms. The molecule has 0 aromatic rings. The highest BCUT2D eigenvalue weighted by atomic mass is 31.2. The summed E-state index contributed by atoms with van der Waals surface area (Å²) in [6, 6.07) is 0. The number of aliphatic hydroxyl groups excluding tert-OH is 1. The fourth-order valence-electron chi connectivity index (χ4n) is 1.82. The molecule has 26 heavy (non-hydrogen) atoms. The number of ether oxygens (including phenoxy) is 1. The van der Waals surface area contributed by atoms with Crippen molar-refractivity contribution < 1.29 is 37.9 Å². The number of carbonyl (C=O) groups is 2. The van der Waals surface area contributed by atoms with Crippen molar-refractivity contribution >= 4 is 19.7 Å². The van der Waals surface area contributed by atoms with Crippen molar-refractivity contribution in [3.05, 3.63) is 0 Å². The zero-order valence-corrected chi connectivity index (χ0v) is 16.5. The minimum atomic E-state index is -4.35. The number of nitrogens with one attached hydrogen (secondary N) is 1. The highest BCUT2D eigenvalue weighted by molar-refractivity contribution is 7.47. The summed E-state index contributed by atoms with van der Waals surface area (Å²) in [6.07, 6.45) is 3.73. The first kappa shape index (κ1) is 25.0. The topological polar surface area (TPSA) is 131 Å². The summed E-state index contributed by atoms with van der Waals surface area (Å²) in [4.78, 5) is 32.2. The standard InChI is InChI=1S/C16H32NO8P/c1-3-5-7-9-16(20)23-12-14(18)13-25-26(21,22)24-11-10-17-15(19)8-6-4-2/h14,18H,3-13H2,1-2H3,(H,17,19)(H,21,22). The highest BCUT2D eigenvalue weighted by Crippen LogP contribution is 2.42. The lowest BCUT2D eigenvalue weighted by atomic mass is 10.2. The Labute approximate surface area is 155 Å². The lowest BCUT2D eigenvalue weighted by molar-refractivity contribution is -0.147. The van der Waals surface area contributed by atoms with E-state index < -0.39 is 26.5 Å². The molecule has 0 aromatic carbocycles. The van der Waals surface area contributed by atoms with Gasteiger partial charge in [0.25, 0.3) is 0 Å². The van der Waals surface area contributed by atoms with Gasteiger partial charge in [-0.15, -0.1) is 0 Å². The first-order valence-corrected chi connectivity index (χ1v) is 10.5. The predicted octanol–water partition coefficient (Wildman–Crippen LogP) is 1.91. The van der Waals surface area contributed by atoms with E-state index in [9.17, 15) is 24.2 Å². The number of carbonyl (C=O) groups excluding carboxylic acids is 2. The lowest BCUT2D eigenvalue weighted by Crippen LogP contribution is -2.27. The van der Waals surface area contributed by atoms with Crippen LogP contribution in [0.5, 0.6) is 0 Å². The fourth-order valence-corrected chi connectivity index (χ4v) is 2.58. The summed E-state index contributed by atoms with van der Waals surface area (Å²) in [5, 5.41) is 12.2. The van der Waals surface area contributed by atoms with Gasteiger partial charge in [-0.25, -0.2) is 4.57 Å². The van der Waals surface area contributed by atoms with Crippen LogP contribution < -0.4 is 5.32 Å². The van der Waals surface area contributed by atoms with E-state index in [4.69, 9.17) is 4.74 Å². The SMILES string of the molecule is CCCCCC(=O)OCC(O)COP(=O)(O)OCCNC(=O)CCCC. The number of hydrogen-bond acceptors (Lipinski definition) is 7. The molecule has 0 aromatic heterocycles. The number of aliphatic hydroxyl groups is 1. The van der Waals surface area contributed by atoms with Gasteiger partial charge in [-0.1, -0.05) is 33.1 Å². The quantitative estimate of drug-likeness (QED) is 0.204. The first-order valence-electron chi connectivity index (χ1n) is 9.03. The predicted molar refractivity (Wildman–Crippen MR) is 95.4 cm³/mol. The van der Waals surface area contributed by atoms with Crippen LogP contribution in [0.15, 0.2) is 0 Å². The number of rotatable bonds is 16. The monoisotopic (exact) mass is 397 g/mol. The molecule has 0 aliphatic carbocycles. The molecule has 0 aliphatic heterocycles. The highest BCUT2D eigenvalue weighted by Gasteiger charge is 2.23. The molecule has 2 atom stereocenters.